The molecule has 0 spiro atoms. The van der Waals surface area contributed by atoms with Crippen molar-refractivity contribution in [1.82, 2.24) is 10.4 Å². The van der Waals surface area contributed by atoms with E-state index in [0.717, 1.165) is 0 Å². The van der Waals surface area contributed by atoms with Crippen LogP contribution < -0.4 is 5.43 Å². The molecule has 2 nitrogen and oxygen atoms in total. The molecule has 0 atom stereocenters. The largest absolute Gasteiger partial charge is 0.259 e. The Morgan fingerprint density at radius 1 is 1.80 bits per heavy atom. The van der Waals surface area contributed by atoms with Crippen LogP contribution in [0.25, 0.3) is 0 Å². The van der Waals surface area contributed by atoms with Crippen LogP contribution in [-0.2, 0) is 0 Å². The Morgan fingerprint density at radius 3 is 2.00 bits per heavy atom. The molecule has 0 aromatic rings. The quantitative estimate of drug-likeness (QED) is 0.434. The van der Waals surface area contributed by atoms with Gasteiger partial charge in [-0.15, -0.1) is 0 Å². The van der Waals surface area contributed by atoms with E-state index in [9.17, 15) is 0 Å². The van der Waals surface area contributed by atoms with E-state index in [-0.39, 0.29) is 0 Å². The van der Waals surface area contributed by atoms with Gasteiger partial charge < -0.3 is 0 Å². The van der Waals surface area contributed by atoms with Gasteiger partial charge in [0.25, 0.3) is 0 Å². The maximum absolute atomic E-state index is 3.48. The molecule has 1 radical (unpaired) electrons. The van der Waals surface area contributed by atoms with Gasteiger partial charge in [0.15, 0.2) is 0 Å². The lowest BCUT2D eigenvalue weighted by molar-refractivity contribution is 0.359. The molecule has 0 saturated carbocycles. The first-order chi connectivity index (χ1) is 2.27. The second-order valence-electron chi connectivity index (χ2n) is 0.922. The van der Waals surface area contributed by atoms with Gasteiger partial charge in [-0.1, -0.05) is 0 Å². The minimum absolute atomic E-state index is 1.62. The summed E-state index contributed by atoms with van der Waals surface area (Å²) in [5.74, 6) is 0. The maximum atomic E-state index is 3.48. The summed E-state index contributed by atoms with van der Waals surface area (Å²) in [5, 5.41) is 1.62. The van der Waals surface area contributed by atoms with Gasteiger partial charge in [0.05, 0.1) is 0 Å². The van der Waals surface area contributed by atoms with Crippen molar-refractivity contribution in [1.29, 1.82) is 0 Å². The zero-order chi connectivity index (χ0) is 4.28. The van der Waals surface area contributed by atoms with Crippen LogP contribution >= 0.6 is 0 Å². The molecular weight excluding hydrogens is 64.0 g/mol. The van der Waals surface area contributed by atoms with Gasteiger partial charge in [-0.3, -0.25) is 5.43 Å². The zero-order valence-electron chi connectivity index (χ0n) is 3.65. The van der Waals surface area contributed by atoms with E-state index in [1.54, 1.807) is 5.01 Å². The molecule has 0 amide bonds. The predicted octanol–water partition coefficient (Wildman–Crippen LogP) is -0.156. The summed E-state index contributed by atoms with van der Waals surface area (Å²) in [6.07, 6.45) is 0. The molecule has 0 saturated heterocycles. The first-order valence-electron chi connectivity index (χ1n) is 1.49. The molecule has 2 heteroatoms. The summed E-state index contributed by atoms with van der Waals surface area (Å²) in [7, 11) is 7.12. The smallest absolute Gasteiger partial charge is 0.0269 e. The first-order valence-corrected chi connectivity index (χ1v) is 1.49. The van der Waals surface area contributed by atoms with Crippen molar-refractivity contribution in [3.05, 3.63) is 7.05 Å². The Labute approximate surface area is 32.7 Å². The van der Waals surface area contributed by atoms with Crippen molar-refractivity contribution in [3.63, 3.8) is 0 Å². The Morgan fingerprint density at radius 2 is 2.00 bits per heavy atom. The number of hydrazine groups is 1. The summed E-state index contributed by atoms with van der Waals surface area (Å²) in [6.45, 7) is 0. The summed E-state index contributed by atoms with van der Waals surface area (Å²) < 4.78 is 0. The summed E-state index contributed by atoms with van der Waals surface area (Å²) in [5.41, 5.74) is 2.75. The van der Waals surface area contributed by atoms with E-state index >= 15 is 0 Å². The van der Waals surface area contributed by atoms with Gasteiger partial charge in [0.2, 0.25) is 0 Å². The van der Waals surface area contributed by atoms with Crippen molar-refractivity contribution in [3.8, 4) is 0 Å². The SMILES string of the molecule is [CH2]N(C)NC. The van der Waals surface area contributed by atoms with Crippen LogP contribution in [-0.4, -0.2) is 19.1 Å². The van der Waals surface area contributed by atoms with Crippen LogP contribution in [0, 0.1) is 7.05 Å². The predicted molar refractivity (Wildman–Crippen MR) is 22.2 cm³/mol. The molecule has 0 aliphatic heterocycles. The molecule has 0 fully saturated rings. The van der Waals surface area contributed by atoms with E-state index in [1.807, 2.05) is 14.1 Å². The highest BCUT2D eigenvalue weighted by atomic mass is 15.5. The molecule has 0 bridgehead atoms. The number of hydrogen-bond donors (Lipinski definition) is 1. The van der Waals surface area contributed by atoms with Crippen molar-refractivity contribution in [2.45, 2.75) is 0 Å². The van der Waals surface area contributed by atoms with Crippen LogP contribution in [0.3, 0.4) is 0 Å². The Kier molecular flexibility index (Phi) is 2.14. The first kappa shape index (κ1) is 4.92. The highest BCUT2D eigenvalue weighted by Gasteiger charge is 1.69. The third kappa shape index (κ3) is 3.92. The topological polar surface area (TPSA) is 15.3 Å². The Balaban J connectivity index is 2.54. The number of hydrogen-bond acceptors (Lipinski definition) is 2. The fraction of sp³-hybridized carbons (Fsp3) is 0.667. The molecule has 0 aromatic heterocycles. The van der Waals surface area contributed by atoms with Gasteiger partial charge in [-0.25, -0.2) is 5.01 Å². The lowest BCUT2D eigenvalue weighted by Gasteiger charge is -2.02. The second-order valence-corrected chi connectivity index (χ2v) is 0.922. The maximum Gasteiger partial charge on any atom is 0.0269 e. The van der Waals surface area contributed by atoms with Gasteiger partial charge in [0, 0.05) is 14.1 Å². The third-order valence-electron chi connectivity index (χ3n) is 0.382. The molecule has 0 heterocycles. The second kappa shape index (κ2) is 2.18. The minimum atomic E-state index is 1.62. The molecule has 0 aliphatic rings. The van der Waals surface area contributed by atoms with Crippen LogP contribution in [0.4, 0.5) is 0 Å². The normalized spacial score (nSPS) is 9.60. The molecule has 0 aliphatic carbocycles. The molecule has 1 N–H and O–H groups in total. The van der Waals surface area contributed by atoms with Crippen LogP contribution in [0.1, 0.15) is 0 Å². The Hall–Kier alpha value is -0.0800. The molecule has 0 unspecified atom stereocenters. The molecule has 0 rings (SSSR count). The fourth-order valence-corrected chi connectivity index (χ4v) is 0. The number of nitrogens with one attached hydrogen (secondary N) is 1. The average Bonchev–Trinajstić information content (AvgIpc) is 1.38. The Bertz CT molecular complexity index is 18.9. The van der Waals surface area contributed by atoms with E-state index in [0.29, 0.717) is 0 Å². The lowest BCUT2D eigenvalue weighted by Crippen LogP contribution is -2.22. The highest BCUT2D eigenvalue weighted by molar-refractivity contribution is 4.24. The van der Waals surface area contributed by atoms with Crippen LogP contribution in [0.15, 0.2) is 0 Å². The van der Waals surface area contributed by atoms with E-state index in [4.69, 9.17) is 0 Å². The van der Waals surface area contributed by atoms with Gasteiger partial charge in [-0.05, 0) is 7.05 Å². The molecule has 0 aromatic carbocycles. The molecular formula is C3H9N2. The highest BCUT2D eigenvalue weighted by Crippen LogP contribution is 1.54. The van der Waals surface area contributed by atoms with Gasteiger partial charge >= 0.3 is 0 Å². The standard InChI is InChI=1S/C3H9N2/c1-4-5(2)3/h4H,2H2,1,3H3. The summed E-state index contributed by atoms with van der Waals surface area (Å²) in [4.78, 5) is 0. The average molecular weight is 73.1 g/mol. The van der Waals surface area contributed by atoms with Crippen molar-refractivity contribution < 1.29 is 0 Å². The van der Waals surface area contributed by atoms with Gasteiger partial charge in [-0.2, -0.15) is 0 Å². The van der Waals surface area contributed by atoms with E-state index in [2.05, 4.69) is 12.5 Å². The van der Waals surface area contributed by atoms with E-state index in [1.165, 1.54) is 0 Å². The van der Waals surface area contributed by atoms with Crippen molar-refractivity contribution >= 4 is 0 Å². The number of rotatable bonds is 1. The zero-order valence-corrected chi connectivity index (χ0v) is 3.65. The fourth-order valence-electron chi connectivity index (χ4n) is 0. The van der Waals surface area contributed by atoms with Crippen molar-refractivity contribution in [2.75, 3.05) is 14.1 Å². The van der Waals surface area contributed by atoms with Crippen LogP contribution in [0.5, 0.6) is 0 Å². The summed E-state index contributed by atoms with van der Waals surface area (Å²) in [6, 6.07) is 0. The summed E-state index contributed by atoms with van der Waals surface area (Å²) >= 11 is 0. The van der Waals surface area contributed by atoms with Gasteiger partial charge in [0.1, 0.15) is 0 Å². The third-order valence-corrected chi connectivity index (χ3v) is 0.382. The molecule has 31 valence electrons. The lowest BCUT2D eigenvalue weighted by atomic mass is 11.1. The van der Waals surface area contributed by atoms with E-state index < -0.39 is 0 Å². The number of nitrogens with zero attached hydrogens (tertiary/aromatic N) is 1. The van der Waals surface area contributed by atoms with Crippen LogP contribution in [0.2, 0.25) is 0 Å². The minimum Gasteiger partial charge on any atom is -0.259 e. The van der Waals surface area contributed by atoms with Crippen molar-refractivity contribution in [2.24, 2.45) is 0 Å². The monoisotopic (exact) mass is 73.1 g/mol. The molecule has 5 heavy (non-hydrogen) atoms.